The van der Waals surface area contributed by atoms with Crippen LogP contribution in [0.4, 0.5) is 0 Å². The molecule has 0 saturated heterocycles. The lowest BCUT2D eigenvalue weighted by molar-refractivity contribution is -0.124. The van der Waals surface area contributed by atoms with Crippen LogP contribution >= 0.6 is 0 Å². The molecule has 1 fully saturated rings. The number of methoxy groups -OCH3 is 1. The molecule has 0 bridgehead atoms. The van der Waals surface area contributed by atoms with E-state index in [4.69, 9.17) is 14.7 Å². The molecule has 0 radical (unpaired) electrons. The van der Waals surface area contributed by atoms with Gasteiger partial charge in [0.1, 0.15) is 0 Å². The van der Waals surface area contributed by atoms with E-state index < -0.39 is 0 Å². The maximum absolute atomic E-state index is 12.1. The summed E-state index contributed by atoms with van der Waals surface area (Å²) in [5.74, 6) is 1.91. The minimum Gasteiger partial charge on any atom is -0.493 e. The van der Waals surface area contributed by atoms with Gasteiger partial charge in [-0.2, -0.15) is 5.26 Å². The van der Waals surface area contributed by atoms with E-state index in [1.165, 1.54) is 13.5 Å². The highest BCUT2D eigenvalue weighted by Crippen LogP contribution is 2.30. The van der Waals surface area contributed by atoms with Gasteiger partial charge in [0.2, 0.25) is 0 Å². The summed E-state index contributed by atoms with van der Waals surface area (Å²) in [6.07, 6.45) is 3.41. The first-order chi connectivity index (χ1) is 11.0. The molecular weight excluding hydrogens is 292 g/mol. The molecular formula is C18H24N2O3. The standard InChI is InChI=1S/C18H24N2O3/c1-12-5-4-6-15(13(12)2)20-18(21)11-23-16-8-7-14(10-19)9-17(16)22-3/h7-9,12-13,15H,4-6,11H2,1-3H3,(H,20,21)/t12-,13+,15-/m0/s1. The Morgan fingerprint density at radius 1 is 1.35 bits per heavy atom. The average molecular weight is 316 g/mol. The van der Waals surface area contributed by atoms with Crippen LogP contribution in [0.3, 0.4) is 0 Å². The van der Waals surface area contributed by atoms with E-state index in [-0.39, 0.29) is 18.6 Å². The summed E-state index contributed by atoms with van der Waals surface area (Å²) in [6.45, 7) is 4.38. The summed E-state index contributed by atoms with van der Waals surface area (Å²) in [7, 11) is 1.51. The van der Waals surface area contributed by atoms with E-state index in [0.29, 0.717) is 28.9 Å². The van der Waals surface area contributed by atoms with Gasteiger partial charge >= 0.3 is 0 Å². The number of benzene rings is 1. The molecule has 124 valence electrons. The Hall–Kier alpha value is -2.22. The predicted molar refractivity (Wildman–Crippen MR) is 87.3 cm³/mol. The van der Waals surface area contributed by atoms with Gasteiger partial charge in [0, 0.05) is 12.1 Å². The minimum atomic E-state index is -0.123. The van der Waals surface area contributed by atoms with Crippen molar-refractivity contribution in [2.45, 2.75) is 39.2 Å². The zero-order valence-electron chi connectivity index (χ0n) is 14.0. The third-order valence-electron chi connectivity index (χ3n) is 4.70. The fraction of sp³-hybridized carbons (Fsp3) is 0.556. The molecule has 0 aromatic heterocycles. The topological polar surface area (TPSA) is 71.3 Å². The molecule has 3 atom stereocenters. The largest absolute Gasteiger partial charge is 0.493 e. The second-order valence-electron chi connectivity index (χ2n) is 6.21. The van der Waals surface area contributed by atoms with Crippen LogP contribution in [0.15, 0.2) is 18.2 Å². The average Bonchev–Trinajstić information content (AvgIpc) is 2.57. The highest BCUT2D eigenvalue weighted by atomic mass is 16.5. The summed E-state index contributed by atoms with van der Waals surface area (Å²) in [6, 6.07) is 7.15. The lowest BCUT2D eigenvalue weighted by Gasteiger charge is -2.34. The molecule has 1 amide bonds. The maximum Gasteiger partial charge on any atom is 0.258 e. The third kappa shape index (κ3) is 4.38. The number of nitrogens with one attached hydrogen (secondary N) is 1. The Kier molecular flexibility index (Phi) is 5.86. The Morgan fingerprint density at radius 2 is 2.13 bits per heavy atom. The monoisotopic (exact) mass is 316 g/mol. The zero-order valence-corrected chi connectivity index (χ0v) is 14.0. The number of nitrogens with zero attached hydrogens (tertiary/aromatic N) is 1. The first-order valence-electron chi connectivity index (χ1n) is 8.05. The molecule has 1 aromatic rings. The van der Waals surface area contributed by atoms with E-state index in [1.807, 2.05) is 6.07 Å². The molecule has 0 heterocycles. The number of hydrogen-bond acceptors (Lipinski definition) is 4. The van der Waals surface area contributed by atoms with Crippen LogP contribution in [0.2, 0.25) is 0 Å². The third-order valence-corrected chi connectivity index (χ3v) is 4.70. The van der Waals surface area contributed by atoms with Crippen molar-refractivity contribution in [2.24, 2.45) is 11.8 Å². The molecule has 0 aliphatic heterocycles. The Balaban J connectivity index is 1.90. The van der Waals surface area contributed by atoms with Crippen molar-refractivity contribution in [1.82, 2.24) is 5.32 Å². The number of ether oxygens (including phenoxy) is 2. The fourth-order valence-corrected chi connectivity index (χ4v) is 3.03. The summed E-state index contributed by atoms with van der Waals surface area (Å²) < 4.78 is 10.7. The zero-order chi connectivity index (χ0) is 16.8. The Labute approximate surface area is 137 Å². The summed E-state index contributed by atoms with van der Waals surface area (Å²) in [5, 5.41) is 12.0. The highest BCUT2D eigenvalue weighted by molar-refractivity contribution is 5.78. The molecule has 5 nitrogen and oxygen atoms in total. The van der Waals surface area contributed by atoms with Gasteiger partial charge in [-0.15, -0.1) is 0 Å². The van der Waals surface area contributed by atoms with Crippen LogP contribution in [0.25, 0.3) is 0 Å². The first-order valence-corrected chi connectivity index (χ1v) is 8.05. The first kappa shape index (κ1) is 17.1. The Bertz CT molecular complexity index is 594. The fourth-order valence-electron chi connectivity index (χ4n) is 3.03. The van der Waals surface area contributed by atoms with E-state index >= 15 is 0 Å². The lowest BCUT2D eigenvalue weighted by Crippen LogP contribution is -2.45. The van der Waals surface area contributed by atoms with Gasteiger partial charge in [0.15, 0.2) is 18.1 Å². The van der Waals surface area contributed by atoms with Crippen LogP contribution in [0.1, 0.15) is 38.7 Å². The quantitative estimate of drug-likeness (QED) is 0.906. The van der Waals surface area contributed by atoms with Gasteiger partial charge < -0.3 is 14.8 Å². The van der Waals surface area contributed by atoms with Crippen molar-refractivity contribution < 1.29 is 14.3 Å². The van der Waals surface area contributed by atoms with Gasteiger partial charge in [0.25, 0.3) is 5.91 Å². The molecule has 0 spiro atoms. The molecule has 1 N–H and O–H groups in total. The van der Waals surface area contributed by atoms with E-state index in [0.717, 1.165) is 12.8 Å². The second kappa shape index (κ2) is 7.87. The van der Waals surface area contributed by atoms with Crippen LogP contribution in [-0.4, -0.2) is 25.7 Å². The SMILES string of the molecule is COc1cc(C#N)ccc1OCC(=O)N[C@H]1CCC[C@H](C)[C@H]1C. The smallest absolute Gasteiger partial charge is 0.258 e. The van der Waals surface area contributed by atoms with Crippen molar-refractivity contribution in [1.29, 1.82) is 5.26 Å². The number of carbonyl (C=O) groups excluding carboxylic acids is 1. The highest BCUT2D eigenvalue weighted by Gasteiger charge is 2.28. The van der Waals surface area contributed by atoms with Gasteiger partial charge in [-0.1, -0.05) is 26.7 Å². The van der Waals surface area contributed by atoms with E-state index in [1.54, 1.807) is 18.2 Å². The second-order valence-corrected chi connectivity index (χ2v) is 6.21. The van der Waals surface area contributed by atoms with Crippen molar-refractivity contribution >= 4 is 5.91 Å². The molecule has 0 unspecified atom stereocenters. The number of amides is 1. The molecule has 1 saturated carbocycles. The molecule has 23 heavy (non-hydrogen) atoms. The number of carbonyl (C=O) groups is 1. The lowest BCUT2D eigenvalue weighted by atomic mass is 9.78. The van der Waals surface area contributed by atoms with Crippen molar-refractivity contribution in [2.75, 3.05) is 13.7 Å². The summed E-state index contributed by atoms with van der Waals surface area (Å²) >= 11 is 0. The van der Waals surface area contributed by atoms with Crippen LogP contribution in [-0.2, 0) is 4.79 Å². The summed E-state index contributed by atoms with van der Waals surface area (Å²) in [4.78, 5) is 12.1. The summed E-state index contributed by atoms with van der Waals surface area (Å²) in [5.41, 5.74) is 0.490. The molecule has 1 aliphatic carbocycles. The van der Waals surface area contributed by atoms with Crippen LogP contribution in [0, 0.1) is 23.2 Å². The van der Waals surface area contributed by atoms with Gasteiger partial charge in [-0.25, -0.2) is 0 Å². The maximum atomic E-state index is 12.1. The van der Waals surface area contributed by atoms with Gasteiger partial charge in [-0.3, -0.25) is 4.79 Å². The molecule has 5 heteroatoms. The minimum absolute atomic E-state index is 0.0557. The van der Waals surface area contributed by atoms with Gasteiger partial charge in [0.05, 0.1) is 18.7 Å². The Morgan fingerprint density at radius 3 is 2.83 bits per heavy atom. The van der Waals surface area contributed by atoms with Crippen LogP contribution < -0.4 is 14.8 Å². The van der Waals surface area contributed by atoms with Crippen molar-refractivity contribution in [3.05, 3.63) is 23.8 Å². The molecule has 1 aliphatic rings. The van der Waals surface area contributed by atoms with Crippen molar-refractivity contribution in [3.63, 3.8) is 0 Å². The predicted octanol–water partition coefficient (Wildman–Crippen LogP) is 2.89. The molecule has 2 rings (SSSR count). The number of hydrogen-bond donors (Lipinski definition) is 1. The van der Waals surface area contributed by atoms with E-state index in [2.05, 4.69) is 19.2 Å². The normalized spacial score (nSPS) is 23.7. The van der Waals surface area contributed by atoms with Gasteiger partial charge in [-0.05, 0) is 30.4 Å². The number of rotatable bonds is 5. The van der Waals surface area contributed by atoms with Crippen LogP contribution in [0.5, 0.6) is 11.5 Å². The van der Waals surface area contributed by atoms with Crippen molar-refractivity contribution in [3.8, 4) is 17.6 Å². The number of nitriles is 1. The van der Waals surface area contributed by atoms with E-state index in [9.17, 15) is 4.79 Å². The molecule has 1 aromatic carbocycles.